The van der Waals surface area contributed by atoms with Gasteiger partial charge < -0.3 is 16.0 Å². The van der Waals surface area contributed by atoms with Crippen LogP contribution >= 0.6 is 15.9 Å². The van der Waals surface area contributed by atoms with Gasteiger partial charge in [-0.25, -0.2) is 4.79 Å². The van der Waals surface area contributed by atoms with Crippen LogP contribution in [0.2, 0.25) is 0 Å². The highest BCUT2D eigenvalue weighted by molar-refractivity contribution is 9.10. The lowest BCUT2D eigenvalue weighted by atomic mass is 9.96. The molecule has 0 atom stereocenters. The molecule has 0 unspecified atom stereocenters. The number of anilines is 1. The first-order chi connectivity index (χ1) is 12.5. The van der Waals surface area contributed by atoms with Crippen LogP contribution in [-0.2, 0) is 10.2 Å². The van der Waals surface area contributed by atoms with E-state index in [0.29, 0.717) is 6.54 Å². The standard InChI is InChI=1S/C20H22BrN3O2/c1-14-11-16(21)7-8-17(14)24-18(25)12-22-19(26)23-13-20(9-10-20)15-5-3-2-4-6-15/h2-8,11H,9-10,12-13H2,1H3,(H,24,25)(H2,22,23,26). The van der Waals surface area contributed by atoms with Gasteiger partial charge in [0.25, 0.3) is 0 Å². The summed E-state index contributed by atoms with van der Waals surface area (Å²) in [4.78, 5) is 24.0. The Hall–Kier alpha value is -2.34. The van der Waals surface area contributed by atoms with E-state index >= 15 is 0 Å². The van der Waals surface area contributed by atoms with E-state index in [4.69, 9.17) is 0 Å². The Kier molecular flexibility index (Phi) is 5.61. The summed E-state index contributed by atoms with van der Waals surface area (Å²) in [6.07, 6.45) is 2.14. The second-order valence-electron chi connectivity index (χ2n) is 6.69. The molecular formula is C20H22BrN3O2. The molecule has 0 radical (unpaired) electrons. The molecule has 3 rings (SSSR count). The Balaban J connectivity index is 1.43. The van der Waals surface area contributed by atoms with E-state index in [9.17, 15) is 9.59 Å². The lowest BCUT2D eigenvalue weighted by molar-refractivity contribution is -0.115. The van der Waals surface area contributed by atoms with Gasteiger partial charge in [-0.15, -0.1) is 0 Å². The molecule has 1 aliphatic carbocycles. The number of nitrogens with one attached hydrogen (secondary N) is 3. The summed E-state index contributed by atoms with van der Waals surface area (Å²) >= 11 is 3.39. The van der Waals surface area contributed by atoms with Crippen LogP contribution in [-0.4, -0.2) is 25.0 Å². The zero-order valence-corrected chi connectivity index (χ0v) is 16.2. The van der Waals surface area contributed by atoms with Crippen LogP contribution in [0.25, 0.3) is 0 Å². The Morgan fingerprint density at radius 3 is 2.46 bits per heavy atom. The van der Waals surface area contributed by atoms with Crippen molar-refractivity contribution in [3.8, 4) is 0 Å². The van der Waals surface area contributed by atoms with Gasteiger partial charge >= 0.3 is 6.03 Å². The van der Waals surface area contributed by atoms with Gasteiger partial charge in [-0.1, -0.05) is 46.3 Å². The molecule has 1 aliphatic rings. The largest absolute Gasteiger partial charge is 0.337 e. The molecule has 2 aromatic carbocycles. The van der Waals surface area contributed by atoms with Crippen molar-refractivity contribution in [3.05, 3.63) is 64.1 Å². The molecule has 3 amide bonds. The van der Waals surface area contributed by atoms with Crippen LogP contribution in [0.1, 0.15) is 24.0 Å². The molecule has 0 aliphatic heterocycles. The minimum atomic E-state index is -0.324. The lowest BCUT2D eigenvalue weighted by Gasteiger charge is -2.17. The molecule has 1 fully saturated rings. The summed E-state index contributed by atoms with van der Waals surface area (Å²) in [5.41, 5.74) is 3.00. The summed E-state index contributed by atoms with van der Waals surface area (Å²) in [6, 6.07) is 15.5. The fourth-order valence-electron chi connectivity index (χ4n) is 2.94. The summed E-state index contributed by atoms with van der Waals surface area (Å²) in [5.74, 6) is -0.255. The van der Waals surface area contributed by atoms with Crippen molar-refractivity contribution in [2.45, 2.75) is 25.2 Å². The van der Waals surface area contributed by atoms with Crippen LogP contribution in [0.15, 0.2) is 53.0 Å². The molecule has 3 N–H and O–H groups in total. The quantitative estimate of drug-likeness (QED) is 0.672. The number of halogens is 1. The first-order valence-electron chi connectivity index (χ1n) is 8.62. The molecule has 0 aromatic heterocycles. The Bertz CT molecular complexity index is 804. The van der Waals surface area contributed by atoms with E-state index in [1.54, 1.807) is 0 Å². The van der Waals surface area contributed by atoms with Crippen molar-refractivity contribution >= 4 is 33.6 Å². The molecule has 136 valence electrons. The molecule has 1 saturated carbocycles. The normalized spacial score (nSPS) is 14.4. The van der Waals surface area contributed by atoms with Crippen molar-refractivity contribution in [1.29, 1.82) is 0 Å². The molecule has 0 bridgehead atoms. The number of rotatable bonds is 6. The van der Waals surface area contributed by atoms with Crippen LogP contribution < -0.4 is 16.0 Å². The molecule has 0 saturated heterocycles. The number of aryl methyl sites for hydroxylation is 1. The highest BCUT2D eigenvalue weighted by atomic mass is 79.9. The summed E-state index contributed by atoms with van der Waals surface area (Å²) in [7, 11) is 0. The van der Waals surface area contributed by atoms with E-state index < -0.39 is 0 Å². The van der Waals surface area contributed by atoms with Crippen LogP contribution in [0.5, 0.6) is 0 Å². The maximum Gasteiger partial charge on any atom is 0.315 e. The number of carbonyl (C=O) groups excluding carboxylic acids is 2. The zero-order valence-electron chi connectivity index (χ0n) is 14.6. The summed E-state index contributed by atoms with van der Waals surface area (Å²) in [5, 5.41) is 8.30. The molecule has 0 heterocycles. The second kappa shape index (κ2) is 7.91. The average Bonchev–Trinajstić information content (AvgIpc) is 3.43. The Morgan fingerprint density at radius 1 is 1.08 bits per heavy atom. The van der Waals surface area contributed by atoms with E-state index in [2.05, 4.69) is 44.0 Å². The number of carbonyl (C=O) groups is 2. The maximum atomic E-state index is 12.0. The molecular weight excluding hydrogens is 394 g/mol. The van der Waals surface area contributed by atoms with Gasteiger partial charge in [0.2, 0.25) is 5.91 Å². The molecule has 6 heteroatoms. The smallest absolute Gasteiger partial charge is 0.315 e. The van der Waals surface area contributed by atoms with Crippen molar-refractivity contribution in [2.24, 2.45) is 0 Å². The Morgan fingerprint density at radius 2 is 1.81 bits per heavy atom. The minimum absolute atomic E-state index is 0.0510. The van der Waals surface area contributed by atoms with Gasteiger partial charge in [0.1, 0.15) is 0 Å². The highest BCUT2D eigenvalue weighted by Gasteiger charge is 2.44. The third-order valence-electron chi connectivity index (χ3n) is 4.70. The van der Waals surface area contributed by atoms with Crippen LogP contribution in [0.3, 0.4) is 0 Å². The molecule has 2 aromatic rings. The number of hydrogen-bond acceptors (Lipinski definition) is 2. The lowest BCUT2D eigenvalue weighted by Crippen LogP contribution is -2.42. The predicted octanol–water partition coefficient (Wildman–Crippen LogP) is 3.73. The van der Waals surface area contributed by atoms with E-state index in [0.717, 1.165) is 28.6 Å². The van der Waals surface area contributed by atoms with Gasteiger partial charge in [-0.3, -0.25) is 4.79 Å². The monoisotopic (exact) mass is 415 g/mol. The van der Waals surface area contributed by atoms with E-state index in [-0.39, 0.29) is 23.9 Å². The molecule has 0 spiro atoms. The number of hydrogen-bond donors (Lipinski definition) is 3. The van der Waals surface area contributed by atoms with Gasteiger partial charge in [0, 0.05) is 22.1 Å². The third kappa shape index (κ3) is 4.64. The van der Waals surface area contributed by atoms with Gasteiger partial charge in [0.15, 0.2) is 0 Å². The topological polar surface area (TPSA) is 70.2 Å². The third-order valence-corrected chi connectivity index (χ3v) is 5.19. The summed E-state index contributed by atoms with van der Waals surface area (Å²) in [6.45, 7) is 2.43. The van der Waals surface area contributed by atoms with Crippen molar-refractivity contribution in [2.75, 3.05) is 18.4 Å². The number of amides is 3. The van der Waals surface area contributed by atoms with E-state index in [1.165, 1.54) is 5.56 Å². The van der Waals surface area contributed by atoms with Crippen LogP contribution in [0, 0.1) is 6.92 Å². The van der Waals surface area contributed by atoms with Gasteiger partial charge in [0.05, 0.1) is 6.54 Å². The number of urea groups is 1. The van der Waals surface area contributed by atoms with Gasteiger partial charge in [-0.05, 0) is 49.1 Å². The first-order valence-corrected chi connectivity index (χ1v) is 9.41. The fourth-order valence-corrected chi connectivity index (χ4v) is 3.42. The molecule has 5 nitrogen and oxygen atoms in total. The highest BCUT2D eigenvalue weighted by Crippen LogP contribution is 2.47. The second-order valence-corrected chi connectivity index (χ2v) is 7.61. The number of benzene rings is 2. The predicted molar refractivity (Wildman–Crippen MR) is 106 cm³/mol. The SMILES string of the molecule is Cc1cc(Br)ccc1NC(=O)CNC(=O)NCC1(c2ccccc2)CC1. The van der Waals surface area contributed by atoms with Gasteiger partial charge in [-0.2, -0.15) is 0 Å². The fraction of sp³-hybridized carbons (Fsp3) is 0.300. The van der Waals surface area contributed by atoms with Crippen molar-refractivity contribution < 1.29 is 9.59 Å². The average molecular weight is 416 g/mol. The maximum absolute atomic E-state index is 12.0. The zero-order chi connectivity index (χ0) is 18.6. The molecule has 26 heavy (non-hydrogen) atoms. The minimum Gasteiger partial charge on any atom is -0.337 e. The van der Waals surface area contributed by atoms with Crippen molar-refractivity contribution in [1.82, 2.24) is 10.6 Å². The van der Waals surface area contributed by atoms with Crippen molar-refractivity contribution in [3.63, 3.8) is 0 Å². The Labute approximate surface area is 161 Å². The first kappa shape index (κ1) is 18.5. The van der Waals surface area contributed by atoms with E-state index in [1.807, 2.05) is 43.3 Å². The summed E-state index contributed by atoms with van der Waals surface area (Å²) < 4.78 is 0.956. The van der Waals surface area contributed by atoms with Crippen LogP contribution in [0.4, 0.5) is 10.5 Å².